The highest BCUT2D eigenvalue weighted by Gasteiger charge is 2.30. The molecular formula is C21H20N8O3. The molecule has 1 fully saturated rings. The van der Waals surface area contributed by atoms with Gasteiger partial charge >= 0.3 is 0 Å². The third kappa shape index (κ3) is 3.64. The third-order valence-corrected chi connectivity index (χ3v) is 5.12. The van der Waals surface area contributed by atoms with Gasteiger partial charge < -0.3 is 15.4 Å². The van der Waals surface area contributed by atoms with E-state index < -0.39 is 5.91 Å². The van der Waals surface area contributed by atoms with E-state index in [1.165, 1.54) is 17.8 Å². The Morgan fingerprint density at radius 3 is 2.75 bits per heavy atom. The average molecular weight is 432 g/mol. The van der Waals surface area contributed by atoms with Crippen LogP contribution in [0.2, 0.25) is 0 Å². The van der Waals surface area contributed by atoms with Crippen LogP contribution in [0.25, 0.3) is 17.0 Å². The number of benzene rings is 1. The number of ether oxygens (including phenoxy) is 1. The predicted molar refractivity (Wildman–Crippen MR) is 115 cm³/mol. The molecule has 0 atom stereocenters. The monoisotopic (exact) mass is 432 g/mol. The molecule has 3 aromatic heterocycles. The largest absolute Gasteiger partial charge is 0.494 e. The molecule has 11 nitrogen and oxygen atoms in total. The first-order valence-corrected chi connectivity index (χ1v) is 10.0. The number of fused-ring (bicyclic) bond motifs is 1. The fourth-order valence-corrected chi connectivity index (χ4v) is 3.36. The number of carbonyl (C=O) groups is 2. The molecule has 2 N–H and O–H groups in total. The van der Waals surface area contributed by atoms with Gasteiger partial charge in [0.1, 0.15) is 17.7 Å². The van der Waals surface area contributed by atoms with E-state index in [1.807, 2.05) is 6.07 Å². The minimum Gasteiger partial charge on any atom is -0.494 e. The molecule has 0 spiro atoms. The molecule has 0 unspecified atom stereocenters. The van der Waals surface area contributed by atoms with Crippen LogP contribution >= 0.6 is 0 Å². The van der Waals surface area contributed by atoms with Crippen molar-refractivity contribution >= 4 is 29.0 Å². The number of rotatable bonds is 6. The lowest BCUT2D eigenvalue weighted by atomic mass is 10.1. The highest BCUT2D eigenvalue weighted by atomic mass is 16.5. The molecule has 1 aliphatic rings. The Hall–Kier alpha value is -4.28. The Balaban J connectivity index is 1.44. The van der Waals surface area contributed by atoms with Crippen molar-refractivity contribution in [1.29, 1.82) is 0 Å². The summed E-state index contributed by atoms with van der Waals surface area (Å²) in [5.74, 6) is 0.876. The topological polar surface area (TPSA) is 128 Å². The summed E-state index contributed by atoms with van der Waals surface area (Å²) in [7, 11) is 3.29. The molecule has 0 saturated heterocycles. The first-order chi connectivity index (χ1) is 15.5. The Bertz CT molecular complexity index is 1340. The molecule has 32 heavy (non-hydrogen) atoms. The maximum atomic E-state index is 13.1. The van der Waals surface area contributed by atoms with Gasteiger partial charge in [-0.1, -0.05) is 6.07 Å². The molecule has 1 aromatic carbocycles. The molecule has 2 amide bonds. The van der Waals surface area contributed by atoms with E-state index in [0.29, 0.717) is 34.3 Å². The minimum absolute atomic E-state index is 0.0500. The summed E-state index contributed by atoms with van der Waals surface area (Å²) in [5, 5.41) is 14.1. The van der Waals surface area contributed by atoms with E-state index in [2.05, 4.69) is 30.8 Å². The third-order valence-electron chi connectivity index (χ3n) is 5.12. The summed E-state index contributed by atoms with van der Waals surface area (Å²) in [5.41, 5.74) is 1.70. The van der Waals surface area contributed by atoms with E-state index in [1.54, 1.807) is 42.5 Å². The molecule has 0 bridgehead atoms. The second kappa shape index (κ2) is 7.76. The van der Waals surface area contributed by atoms with Crippen molar-refractivity contribution in [2.24, 2.45) is 13.0 Å². The number of hydrogen-bond acceptors (Lipinski definition) is 7. The second-order valence-corrected chi connectivity index (χ2v) is 7.49. The molecule has 3 heterocycles. The van der Waals surface area contributed by atoms with Crippen LogP contribution in [0.1, 0.15) is 23.2 Å². The summed E-state index contributed by atoms with van der Waals surface area (Å²) < 4.78 is 8.62. The first-order valence-electron chi connectivity index (χ1n) is 10.0. The zero-order valence-corrected chi connectivity index (χ0v) is 17.4. The summed E-state index contributed by atoms with van der Waals surface area (Å²) in [4.78, 5) is 33.8. The number of hydrogen-bond donors (Lipinski definition) is 2. The Morgan fingerprint density at radius 1 is 1.19 bits per heavy atom. The van der Waals surface area contributed by atoms with E-state index in [-0.39, 0.29) is 17.4 Å². The van der Waals surface area contributed by atoms with E-state index in [4.69, 9.17) is 4.74 Å². The zero-order chi connectivity index (χ0) is 22.2. The quantitative estimate of drug-likeness (QED) is 0.478. The van der Waals surface area contributed by atoms with Crippen LogP contribution in [0.15, 0.2) is 43.0 Å². The lowest BCUT2D eigenvalue weighted by molar-refractivity contribution is -0.117. The molecule has 1 aliphatic carbocycles. The van der Waals surface area contributed by atoms with Gasteiger partial charge in [-0.2, -0.15) is 10.2 Å². The van der Waals surface area contributed by atoms with E-state index >= 15 is 0 Å². The Morgan fingerprint density at radius 2 is 2.03 bits per heavy atom. The van der Waals surface area contributed by atoms with Crippen molar-refractivity contribution in [3.63, 3.8) is 0 Å². The highest BCUT2D eigenvalue weighted by molar-refractivity contribution is 6.09. The van der Waals surface area contributed by atoms with Gasteiger partial charge in [0.15, 0.2) is 17.2 Å². The van der Waals surface area contributed by atoms with Crippen LogP contribution in [0.5, 0.6) is 5.75 Å². The van der Waals surface area contributed by atoms with Crippen LogP contribution in [0.4, 0.5) is 11.5 Å². The molecular weight excluding hydrogens is 412 g/mol. The zero-order valence-electron chi connectivity index (χ0n) is 17.4. The van der Waals surface area contributed by atoms with Crippen LogP contribution in [-0.4, -0.2) is 48.3 Å². The van der Waals surface area contributed by atoms with Gasteiger partial charge in [-0.25, -0.2) is 14.5 Å². The van der Waals surface area contributed by atoms with E-state index in [9.17, 15) is 9.59 Å². The number of amides is 2. The molecule has 162 valence electrons. The molecule has 5 rings (SSSR count). The lowest BCUT2D eigenvalue weighted by Gasteiger charge is -2.12. The summed E-state index contributed by atoms with van der Waals surface area (Å²) in [6, 6.07) is 6.97. The van der Waals surface area contributed by atoms with Crippen LogP contribution in [0.3, 0.4) is 0 Å². The van der Waals surface area contributed by atoms with Gasteiger partial charge in [0, 0.05) is 19.2 Å². The number of nitrogens with zero attached hydrogens (tertiary/aromatic N) is 6. The van der Waals surface area contributed by atoms with Crippen molar-refractivity contribution in [2.45, 2.75) is 12.8 Å². The maximum Gasteiger partial charge on any atom is 0.261 e. The Labute approximate surface area is 182 Å². The summed E-state index contributed by atoms with van der Waals surface area (Å²) in [6.45, 7) is 0. The maximum absolute atomic E-state index is 13.1. The van der Waals surface area contributed by atoms with Gasteiger partial charge in [0.25, 0.3) is 5.91 Å². The number of aromatic nitrogens is 6. The standard InChI is InChI=1S/C21H20N8O3/c1-28-11-22-18(27-28)13-4-3-5-15(17(13)32-2)24-21(31)14-10-23-29-9-8-16(25-19(14)29)26-20(30)12-6-7-12/h3-5,8-12H,6-7H2,1-2H3,(H,24,31)(H,25,26,30). The first kappa shape index (κ1) is 19.7. The average Bonchev–Trinajstić information content (AvgIpc) is 3.42. The second-order valence-electron chi connectivity index (χ2n) is 7.49. The number of para-hydroxylation sites is 1. The summed E-state index contributed by atoms with van der Waals surface area (Å²) >= 11 is 0. The molecule has 4 aromatic rings. The number of anilines is 2. The van der Waals surface area contributed by atoms with Crippen molar-refractivity contribution in [1.82, 2.24) is 29.4 Å². The highest BCUT2D eigenvalue weighted by Crippen LogP contribution is 2.35. The van der Waals surface area contributed by atoms with Crippen molar-refractivity contribution in [3.8, 4) is 17.1 Å². The van der Waals surface area contributed by atoms with Crippen molar-refractivity contribution in [3.05, 3.63) is 48.5 Å². The van der Waals surface area contributed by atoms with Gasteiger partial charge in [-0.05, 0) is 31.0 Å². The van der Waals surface area contributed by atoms with Crippen molar-refractivity contribution in [2.75, 3.05) is 17.7 Å². The smallest absolute Gasteiger partial charge is 0.261 e. The lowest BCUT2D eigenvalue weighted by Crippen LogP contribution is -2.16. The molecule has 1 saturated carbocycles. The summed E-state index contributed by atoms with van der Waals surface area (Å²) in [6.07, 6.45) is 6.45. The number of methoxy groups -OCH3 is 1. The van der Waals surface area contributed by atoms with E-state index in [0.717, 1.165) is 12.8 Å². The van der Waals surface area contributed by atoms with Gasteiger partial charge in [0.2, 0.25) is 5.91 Å². The fourth-order valence-electron chi connectivity index (χ4n) is 3.36. The number of carbonyl (C=O) groups excluding carboxylic acids is 2. The van der Waals surface area contributed by atoms with Crippen LogP contribution in [-0.2, 0) is 11.8 Å². The predicted octanol–water partition coefficient (Wildman–Crippen LogP) is 2.13. The normalized spacial score (nSPS) is 13.2. The van der Waals surface area contributed by atoms with Crippen LogP contribution in [0, 0.1) is 5.92 Å². The van der Waals surface area contributed by atoms with Crippen LogP contribution < -0.4 is 15.4 Å². The van der Waals surface area contributed by atoms with Gasteiger partial charge in [-0.15, -0.1) is 0 Å². The SMILES string of the molecule is COc1c(NC(=O)c2cnn3ccc(NC(=O)C4CC4)nc23)cccc1-c1ncn(C)n1. The number of aryl methyl sites for hydroxylation is 1. The molecule has 0 radical (unpaired) electrons. The minimum atomic E-state index is -0.414. The Kier molecular flexibility index (Phi) is 4.77. The van der Waals surface area contributed by atoms with Gasteiger partial charge in [-0.3, -0.25) is 14.3 Å². The van der Waals surface area contributed by atoms with Gasteiger partial charge in [0.05, 0.1) is 24.6 Å². The number of nitrogens with one attached hydrogen (secondary N) is 2. The van der Waals surface area contributed by atoms with Crippen molar-refractivity contribution < 1.29 is 14.3 Å². The fraction of sp³-hybridized carbons (Fsp3) is 0.238. The molecule has 0 aliphatic heterocycles. The molecule has 11 heteroatoms.